The van der Waals surface area contributed by atoms with Crippen LogP contribution in [0.2, 0.25) is 0 Å². The van der Waals surface area contributed by atoms with Crippen molar-refractivity contribution in [3.63, 3.8) is 0 Å². The summed E-state index contributed by atoms with van der Waals surface area (Å²) in [5, 5.41) is 3.39. The third-order valence-corrected chi connectivity index (χ3v) is 3.57. The zero-order valence-corrected chi connectivity index (χ0v) is 14.1. The average molecular weight is 350 g/mol. The summed E-state index contributed by atoms with van der Waals surface area (Å²) in [4.78, 5) is 0. The quantitative estimate of drug-likeness (QED) is 0.807. The first-order valence-electron chi connectivity index (χ1n) is 6.91. The van der Waals surface area contributed by atoms with Gasteiger partial charge in [0.1, 0.15) is 11.5 Å². The minimum Gasteiger partial charge on any atom is -0.495 e. The molecule has 0 heterocycles. The summed E-state index contributed by atoms with van der Waals surface area (Å²) in [5.74, 6) is 1.72. The molecule has 4 heteroatoms. The predicted octanol–water partition coefficient (Wildman–Crippen LogP) is 4.86. The summed E-state index contributed by atoms with van der Waals surface area (Å²) >= 11 is 3.45. The summed E-state index contributed by atoms with van der Waals surface area (Å²) in [5.41, 5.74) is 2.19. The summed E-state index contributed by atoms with van der Waals surface area (Å²) in [6, 6.07) is 14.1. The van der Waals surface area contributed by atoms with Crippen LogP contribution in [0.4, 0.5) is 5.69 Å². The van der Waals surface area contributed by atoms with Crippen LogP contribution in [0.3, 0.4) is 0 Å². The molecule has 1 N–H and O–H groups in total. The molecule has 0 unspecified atom stereocenters. The van der Waals surface area contributed by atoms with Gasteiger partial charge < -0.3 is 14.8 Å². The highest BCUT2D eigenvalue weighted by molar-refractivity contribution is 9.10. The van der Waals surface area contributed by atoms with Crippen molar-refractivity contribution in [3.8, 4) is 11.5 Å². The fourth-order valence-corrected chi connectivity index (χ4v) is 2.38. The third kappa shape index (κ3) is 4.67. The Balaban J connectivity index is 2.02. The minimum absolute atomic E-state index is 0.184. The van der Waals surface area contributed by atoms with Crippen LogP contribution in [0.25, 0.3) is 0 Å². The number of ether oxygens (including phenoxy) is 2. The van der Waals surface area contributed by atoms with E-state index in [4.69, 9.17) is 9.47 Å². The highest BCUT2D eigenvalue weighted by Crippen LogP contribution is 2.28. The molecule has 0 aliphatic heterocycles. The molecular weight excluding hydrogens is 330 g/mol. The molecule has 2 rings (SSSR count). The lowest BCUT2D eigenvalue weighted by molar-refractivity contribution is 0.242. The van der Waals surface area contributed by atoms with E-state index < -0.39 is 0 Å². The molecule has 112 valence electrons. The molecule has 21 heavy (non-hydrogen) atoms. The predicted molar refractivity (Wildman–Crippen MR) is 90.2 cm³/mol. The number of benzene rings is 2. The molecular formula is C17H20BrNO2. The van der Waals surface area contributed by atoms with Crippen molar-refractivity contribution in [1.29, 1.82) is 0 Å². The Morgan fingerprint density at radius 3 is 2.67 bits per heavy atom. The van der Waals surface area contributed by atoms with Gasteiger partial charge in [-0.15, -0.1) is 0 Å². The van der Waals surface area contributed by atoms with Crippen molar-refractivity contribution in [2.24, 2.45) is 0 Å². The molecule has 0 radical (unpaired) electrons. The maximum atomic E-state index is 5.71. The van der Waals surface area contributed by atoms with Gasteiger partial charge in [-0.05, 0) is 59.6 Å². The number of rotatable bonds is 6. The lowest BCUT2D eigenvalue weighted by Gasteiger charge is -2.12. The van der Waals surface area contributed by atoms with E-state index in [0.717, 1.165) is 28.2 Å². The van der Waals surface area contributed by atoms with E-state index in [-0.39, 0.29) is 6.10 Å². The molecule has 0 aliphatic rings. The Bertz CT molecular complexity index is 599. The van der Waals surface area contributed by atoms with Gasteiger partial charge in [-0.3, -0.25) is 0 Å². The summed E-state index contributed by atoms with van der Waals surface area (Å²) in [6.07, 6.45) is 0.184. The van der Waals surface area contributed by atoms with E-state index in [1.54, 1.807) is 7.11 Å². The monoisotopic (exact) mass is 349 g/mol. The molecule has 0 spiro atoms. The van der Waals surface area contributed by atoms with E-state index >= 15 is 0 Å². The van der Waals surface area contributed by atoms with Crippen LogP contribution < -0.4 is 14.8 Å². The van der Waals surface area contributed by atoms with E-state index in [1.807, 2.05) is 44.2 Å². The van der Waals surface area contributed by atoms with Gasteiger partial charge >= 0.3 is 0 Å². The lowest BCUT2D eigenvalue weighted by atomic mass is 10.2. The average Bonchev–Trinajstić information content (AvgIpc) is 2.46. The normalized spacial score (nSPS) is 10.5. The molecule has 0 bridgehead atoms. The number of methoxy groups -OCH3 is 1. The molecule has 2 aromatic carbocycles. The number of halogens is 1. The van der Waals surface area contributed by atoms with Crippen LogP contribution in [-0.2, 0) is 6.54 Å². The largest absolute Gasteiger partial charge is 0.495 e. The van der Waals surface area contributed by atoms with Crippen molar-refractivity contribution >= 4 is 21.6 Å². The van der Waals surface area contributed by atoms with E-state index in [1.165, 1.54) is 5.56 Å². The molecule has 0 aliphatic carbocycles. The Labute approximate surface area is 134 Å². The number of nitrogens with one attached hydrogen (secondary N) is 1. The first-order chi connectivity index (χ1) is 10.1. The van der Waals surface area contributed by atoms with Gasteiger partial charge in [-0.2, -0.15) is 0 Å². The van der Waals surface area contributed by atoms with Crippen molar-refractivity contribution < 1.29 is 9.47 Å². The highest BCUT2D eigenvalue weighted by atomic mass is 79.9. The second-order valence-electron chi connectivity index (χ2n) is 5.02. The number of anilines is 1. The Morgan fingerprint density at radius 2 is 1.95 bits per heavy atom. The topological polar surface area (TPSA) is 30.5 Å². The summed E-state index contributed by atoms with van der Waals surface area (Å²) in [7, 11) is 1.66. The van der Waals surface area contributed by atoms with Crippen LogP contribution in [0.15, 0.2) is 46.9 Å². The molecule has 3 nitrogen and oxygen atoms in total. The van der Waals surface area contributed by atoms with Gasteiger partial charge in [0.2, 0.25) is 0 Å². The molecule has 0 amide bonds. The molecule has 2 aromatic rings. The third-order valence-electron chi connectivity index (χ3n) is 2.92. The van der Waals surface area contributed by atoms with Gasteiger partial charge in [-0.1, -0.05) is 12.1 Å². The molecule has 0 atom stereocenters. The first kappa shape index (κ1) is 15.7. The standard InChI is InChI=1S/C17H20BrNO2/c1-12(2)21-15-6-4-5-13(9-15)11-19-14-7-8-16(18)17(10-14)20-3/h4-10,12,19H,11H2,1-3H3. The van der Waals surface area contributed by atoms with Crippen molar-refractivity contribution in [2.75, 3.05) is 12.4 Å². The van der Waals surface area contributed by atoms with Crippen LogP contribution in [0, 0.1) is 0 Å². The highest BCUT2D eigenvalue weighted by Gasteiger charge is 2.03. The Kier molecular flexibility index (Phi) is 5.51. The first-order valence-corrected chi connectivity index (χ1v) is 7.71. The van der Waals surface area contributed by atoms with Crippen molar-refractivity contribution in [1.82, 2.24) is 0 Å². The van der Waals surface area contributed by atoms with Crippen LogP contribution in [-0.4, -0.2) is 13.2 Å². The van der Waals surface area contributed by atoms with Gasteiger partial charge in [0, 0.05) is 18.3 Å². The van der Waals surface area contributed by atoms with Crippen molar-refractivity contribution in [2.45, 2.75) is 26.5 Å². The second-order valence-corrected chi connectivity index (χ2v) is 5.87. The molecule has 0 aromatic heterocycles. The molecule has 0 saturated heterocycles. The summed E-state index contributed by atoms with van der Waals surface area (Å²) < 4.78 is 11.9. The summed E-state index contributed by atoms with van der Waals surface area (Å²) in [6.45, 7) is 4.79. The number of hydrogen-bond donors (Lipinski definition) is 1. The minimum atomic E-state index is 0.184. The zero-order valence-electron chi connectivity index (χ0n) is 12.5. The van der Waals surface area contributed by atoms with Gasteiger partial charge in [0.05, 0.1) is 17.7 Å². The van der Waals surface area contributed by atoms with Crippen molar-refractivity contribution in [3.05, 3.63) is 52.5 Å². The molecule has 0 saturated carbocycles. The fourth-order valence-electron chi connectivity index (χ4n) is 1.97. The van der Waals surface area contributed by atoms with Crippen LogP contribution in [0.1, 0.15) is 19.4 Å². The van der Waals surface area contributed by atoms with E-state index in [9.17, 15) is 0 Å². The Hall–Kier alpha value is -1.68. The van der Waals surface area contributed by atoms with E-state index in [2.05, 4.69) is 33.4 Å². The number of hydrogen-bond acceptors (Lipinski definition) is 3. The van der Waals surface area contributed by atoms with Gasteiger partial charge in [0.25, 0.3) is 0 Å². The second kappa shape index (κ2) is 7.36. The van der Waals surface area contributed by atoms with Gasteiger partial charge in [-0.25, -0.2) is 0 Å². The van der Waals surface area contributed by atoms with E-state index in [0.29, 0.717) is 0 Å². The smallest absolute Gasteiger partial charge is 0.135 e. The lowest BCUT2D eigenvalue weighted by Crippen LogP contribution is -2.06. The maximum absolute atomic E-state index is 5.71. The van der Waals surface area contributed by atoms with Crippen LogP contribution >= 0.6 is 15.9 Å². The SMILES string of the molecule is COc1cc(NCc2cccc(OC(C)C)c2)ccc1Br. The fraction of sp³-hybridized carbons (Fsp3) is 0.294. The Morgan fingerprint density at radius 1 is 1.14 bits per heavy atom. The molecule has 0 fully saturated rings. The maximum Gasteiger partial charge on any atom is 0.135 e. The zero-order chi connectivity index (χ0) is 15.2. The van der Waals surface area contributed by atoms with Gasteiger partial charge in [0.15, 0.2) is 0 Å². The van der Waals surface area contributed by atoms with Crippen LogP contribution in [0.5, 0.6) is 11.5 Å².